The lowest BCUT2D eigenvalue weighted by atomic mass is 9.76. The molecular formula is C19H21N3O2. The van der Waals surface area contributed by atoms with Crippen molar-refractivity contribution in [2.45, 2.75) is 38.3 Å². The van der Waals surface area contributed by atoms with Gasteiger partial charge in [0.05, 0.1) is 6.10 Å². The molecule has 4 rings (SSSR count). The highest BCUT2D eigenvalue weighted by Gasteiger charge is 2.34. The Balaban J connectivity index is 1.55. The van der Waals surface area contributed by atoms with Crippen molar-refractivity contribution in [3.8, 4) is 0 Å². The van der Waals surface area contributed by atoms with Crippen molar-refractivity contribution < 1.29 is 9.52 Å². The second kappa shape index (κ2) is 6.24. The molecule has 5 heteroatoms. The van der Waals surface area contributed by atoms with Crippen molar-refractivity contribution in [2.24, 2.45) is 5.92 Å². The number of hydrogen-bond acceptors (Lipinski definition) is 5. The molecule has 124 valence electrons. The second-order valence-corrected chi connectivity index (χ2v) is 6.65. The number of aliphatic hydroxyl groups is 1. The molecule has 1 atom stereocenters. The third kappa shape index (κ3) is 3.12. The summed E-state index contributed by atoms with van der Waals surface area (Å²) in [6.45, 7) is 2.04. The van der Waals surface area contributed by atoms with Gasteiger partial charge in [-0.2, -0.15) is 4.98 Å². The quantitative estimate of drug-likeness (QED) is 0.753. The van der Waals surface area contributed by atoms with Gasteiger partial charge in [-0.05, 0) is 55.5 Å². The topological polar surface area (TPSA) is 71.2 Å². The first-order chi connectivity index (χ1) is 11.7. The standard InChI is InChI=1S/C19H21N3O2/c1-12-5-6-18-17(8-12)22-19(24-18)21-16(13-9-15(23)10-13)11-14-4-2-3-7-20-14/h2-8,13,15-16,23H,9-11H2,1H3,(H,21,22)/t13?,15?,16-/m0/s1. The number of aromatic nitrogens is 2. The van der Waals surface area contributed by atoms with E-state index in [0.717, 1.165) is 41.6 Å². The number of fused-ring (bicyclic) bond motifs is 1. The average Bonchev–Trinajstić information content (AvgIpc) is 2.93. The third-order valence-electron chi connectivity index (χ3n) is 4.73. The van der Waals surface area contributed by atoms with Gasteiger partial charge in [0.15, 0.2) is 5.58 Å². The van der Waals surface area contributed by atoms with Gasteiger partial charge in [0.2, 0.25) is 0 Å². The highest BCUT2D eigenvalue weighted by atomic mass is 16.4. The van der Waals surface area contributed by atoms with Gasteiger partial charge in [-0.25, -0.2) is 0 Å². The molecule has 0 unspecified atom stereocenters. The molecule has 1 aliphatic rings. The minimum absolute atomic E-state index is 0.150. The number of anilines is 1. The number of benzene rings is 1. The van der Waals surface area contributed by atoms with E-state index in [0.29, 0.717) is 11.9 Å². The molecule has 0 spiro atoms. The molecule has 0 saturated heterocycles. The van der Waals surface area contributed by atoms with E-state index in [2.05, 4.69) is 15.3 Å². The van der Waals surface area contributed by atoms with Crippen LogP contribution in [0.15, 0.2) is 47.0 Å². The summed E-state index contributed by atoms with van der Waals surface area (Å²) in [6.07, 6.45) is 4.03. The van der Waals surface area contributed by atoms with Gasteiger partial charge in [-0.3, -0.25) is 4.98 Å². The zero-order valence-electron chi connectivity index (χ0n) is 13.6. The van der Waals surface area contributed by atoms with Gasteiger partial charge < -0.3 is 14.8 Å². The summed E-state index contributed by atoms with van der Waals surface area (Å²) in [5.41, 5.74) is 3.84. The lowest BCUT2D eigenvalue weighted by molar-refractivity contribution is 0.0337. The van der Waals surface area contributed by atoms with Crippen LogP contribution in [0.1, 0.15) is 24.1 Å². The third-order valence-corrected chi connectivity index (χ3v) is 4.73. The van der Waals surface area contributed by atoms with Gasteiger partial charge in [-0.1, -0.05) is 12.1 Å². The molecule has 3 aromatic rings. The molecule has 24 heavy (non-hydrogen) atoms. The van der Waals surface area contributed by atoms with E-state index in [4.69, 9.17) is 4.42 Å². The Hall–Kier alpha value is -2.40. The lowest BCUT2D eigenvalue weighted by Crippen LogP contribution is -2.42. The number of rotatable bonds is 5. The number of aryl methyl sites for hydroxylation is 1. The molecule has 0 bridgehead atoms. The van der Waals surface area contributed by atoms with Gasteiger partial charge in [0, 0.05) is 24.4 Å². The van der Waals surface area contributed by atoms with Crippen LogP contribution in [0.2, 0.25) is 0 Å². The Kier molecular flexibility index (Phi) is 3.94. The van der Waals surface area contributed by atoms with E-state index in [-0.39, 0.29) is 12.1 Å². The maximum absolute atomic E-state index is 9.66. The highest BCUT2D eigenvalue weighted by Crippen LogP contribution is 2.33. The molecule has 2 heterocycles. The van der Waals surface area contributed by atoms with Crippen molar-refractivity contribution in [3.05, 3.63) is 53.9 Å². The fourth-order valence-electron chi connectivity index (χ4n) is 3.30. The zero-order chi connectivity index (χ0) is 16.5. The Labute approximate surface area is 140 Å². The van der Waals surface area contributed by atoms with Crippen molar-refractivity contribution in [1.29, 1.82) is 0 Å². The smallest absolute Gasteiger partial charge is 0.295 e. The minimum atomic E-state index is -0.186. The Bertz CT molecular complexity index is 825. The first-order valence-electron chi connectivity index (χ1n) is 8.39. The summed E-state index contributed by atoms with van der Waals surface area (Å²) in [7, 11) is 0. The maximum Gasteiger partial charge on any atom is 0.295 e. The van der Waals surface area contributed by atoms with Crippen LogP contribution in [0.3, 0.4) is 0 Å². The SMILES string of the molecule is Cc1ccc2oc(N[C@@H](Cc3ccccn3)C3CC(O)C3)nc2c1. The van der Waals surface area contributed by atoms with E-state index < -0.39 is 0 Å². The average molecular weight is 323 g/mol. The van der Waals surface area contributed by atoms with Crippen LogP contribution >= 0.6 is 0 Å². The number of aliphatic hydroxyl groups excluding tert-OH is 1. The first kappa shape index (κ1) is 15.1. The number of oxazole rings is 1. The van der Waals surface area contributed by atoms with Crippen LogP contribution in [-0.4, -0.2) is 27.2 Å². The van der Waals surface area contributed by atoms with Crippen molar-refractivity contribution in [3.63, 3.8) is 0 Å². The summed E-state index contributed by atoms with van der Waals surface area (Å²) in [4.78, 5) is 8.97. The summed E-state index contributed by atoms with van der Waals surface area (Å²) in [5, 5.41) is 13.1. The van der Waals surface area contributed by atoms with Crippen LogP contribution < -0.4 is 5.32 Å². The fourth-order valence-corrected chi connectivity index (χ4v) is 3.30. The van der Waals surface area contributed by atoms with E-state index >= 15 is 0 Å². The Morgan fingerprint density at radius 3 is 2.92 bits per heavy atom. The predicted octanol–water partition coefficient (Wildman–Crippen LogP) is 3.33. The minimum Gasteiger partial charge on any atom is -0.424 e. The number of nitrogens with one attached hydrogen (secondary N) is 1. The normalized spacial score (nSPS) is 21.4. The van der Waals surface area contributed by atoms with E-state index in [9.17, 15) is 5.11 Å². The Morgan fingerprint density at radius 2 is 2.17 bits per heavy atom. The molecule has 1 fully saturated rings. The fraction of sp³-hybridized carbons (Fsp3) is 0.368. The highest BCUT2D eigenvalue weighted by molar-refractivity contribution is 5.75. The monoisotopic (exact) mass is 323 g/mol. The number of hydrogen-bond donors (Lipinski definition) is 2. The molecule has 2 N–H and O–H groups in total. The maximum atomic E-state index is 9.66. The molecular weight excluding hydrogens is 302 g/mol. The molecule has 0 aliphatic heterocycles. The molecule has 1 aromatic carbocycles. The largest absolute Gasteiger partial charge is 0.424 e. The first-order valence-corrected chi connectivity index (χ1v) is 8.39. The summed E-state index contributed by atoms with van der Waals surface area (Å²) < 4.78 is 5.83. The summed E-state index contributed by atoms with van der Waals surface area (Å²) in [6, 6.07) is 12.6. The van der Waals surface area contributed by atoms with Crippen LogP contribution in [0, 0.1) is 12.8 Å². The van der Waals surface area contributed by atoms with E-state index in [1.54, 1.807) is 0 Å². The van der Waals surface area contributed by atoms with Crippen molar-refractivity contribution in [2.75, 3.05) is 5.32 Å². The van der Waals surface area contributed by atoms with E-state index in [1.807, 2.05) is 49.5 Å². The molecule has 0 radical (unpaired) electrons. The van der Waals surface area contributed by atoms with Crippen LogP contribution in [0.25, 0.3) is 11.1 Å². The number of pyridine rings is 1. The molecule has 5 nitrogen and oxygen atoms in total. The molecule has 2 aromatic heterocycles. The molecule has 1 aliphatic carbocycles. The van der Waals surface area contributed by atoms with Crippen molar-refractivity contribution in [1.82, 2.24) is 9.97 Å². The molecule has 1 saturated carbocycles. The Morgan fingerprint density at radius 1 is 1.29 bits per heavy atom. The summed E-state index contributed by atoms with van der Waals surface area (Å²) >= 11 is 0. The van der Waals surface area contributed by atoms with Gasteiger partial charge in [0.25, 0.3) is 6.01 Å². The number of nitrogens with zero attached hydrogens (tertiary/aromatic N) is 2. The summed E-state index contributed by atoms with van der Waals surface area (Å²) in [5.74, 6) is 0.402. The van der Waals surface area contributed by atoms with Gasteiger partial charge in [0.1, 0.15) is 5.52 Å². The molecule has 0 amide bonds. The van der Waals surface area contributed by atoms with Gasteiger partial charge >= 0.3 is 0 Å². The van der Waals surface area contributed by atoms with Crippen LogP contribution in [-0.2, 0) is 6.42 Å². The van der Waals surface area contributed by atoms with Gasteiger partial charge in [-0.15, -0.1) is 0 Å². The van der Waals surface area contributed by atoms with Crippen molar-refractivity contribution >= 4 is 17.1 Å². The van der Waals surface area contributed by atoms with E-state index in [1.165, 1.54) is 0 Å². The second-order valence-electron chi connectivity index (χ2n) is 6.65. The zero-order valence-corrected chi connectivity index (χ0v) is 13.6. The lowest BCUT2D eigenvalue weighted by Gasteiger charge is -2.37. The van der Waals surface area contributed by atoms with Crippen LogP contribution in [0.4, 0.5) is 6.01 Å². The predicted molar refractivity (Wildman–Crippen MR) is 92.8 cm³/mol. The van der Waals surface area contributed by atoms with Crippen LogP contribution in [0.5, 0.6) is 0 Å².